The second kappa shape index (κ2) is 4.42. The molecule has 0 saturated heterocycles. The molecule has 0 bridgehead atoms. The van der Waals surface area contributed by atoms with E-state index < -0.39 is 11.6 Å². The lowest BCUT2D eigenvalue weighted by molar-refractivity contribution is 0.0696. The SMILES string of the molecule is C#CC(C)(C)Oc1ncc(C(=O)O)cc1Cl. The van der Waals surface area contributed by atoms with Crippen LogP contribution in [-0.4, -0.2) is 21.7 Å². The summed E-state index contributed by atoms with van der Waals surface area (Å²) in [6, 6.07) is 1.26. The second-order valence-corrected chi connectivity index (χ2v) is 3.98. The molecule has 1 heterocycles. The average Bonchev–Trinajstić information content (AvgIpc) is 2.20. The first-order valence-electron chi connectivity index (χ1n) is 4.41. The van der Waals surface area contributed by atoms with Gasteiger partial charge in [0.25, 0.3) is 0 Å². The van der Waals surface area contributed by atoms with Crippen molar-refractivity contribution in [3.05, 3.63) is 22.8 Å². The van der Waals surface area contributed by atoms with Gasteiger partial charge in [-0.25, -0.2) is 9.78 Å². The fraction of sp³-hybridized carbons (Fsp3) is 0.273. The first-order chi connectivity index (χ1) is 7.35. The number of pyridine rings is 1. The van der Waals surface area contributed by atoms with Crippen molar-refractivity contribution in [1.29, 1.82) is 0 Å². The van der Waals surface area contributed by atoms with Crippen LogP contribution in [0.3, 0.4) is 0 Å². The minimum Gasteiger partial charge on any atom is -0.478 e. The molecule has 4 nitrogen and oxygen atoms in total. The fourth-order valence-corrected chi connectivity index (χ4v) is 1.09. The van der Waals surface area contributed by atoms with Gasteiger partial charge in [-0.15, -0.1) is 6.42 Å². The van der Waals surface area contributed by atoms with Gasteiger partial charge in [-0.2, -0.15) is 0 Å². The van der Waals surface area contributed by atoms with Crippen molar-refractivity contribution >= 4 is 17.6 Å². The highest BCUT2D eigenvalue weighted by atomic mass is 35.5. The summed E-state index contributed by atoms with van der Waals surface area (Å²) < 4.78 is 5.34. The number of carbonyl (C=O) groups is 1. The highest BCUT2D eigenvalue weighted by Crippen LogP contribution is 2.25. The molecule has 0 aliphatic carbocycles. The minimum absolute atomic E-state index is 0.00383. The van der Waals surface area contributed by atoms with Crippen molar-refractivity contribution in [3.63, 3.8) is 0 Å². The van der Waals surface area contributed by atoms with Crippen molar-refractivity contribution in [2.45, 2.75) is 19.4 Å². The zero-order valence-electron chi connectivity index (χ0n) is 8.82. The highest BCUT2D eigenvalue weighted by Gasteiger charge is 2.19. The van der Waals surface area contributed by atoms with Crippen LogP contribution in [0, 0.1) is 12.3 Å². The number of rotatable bonds is 3. The Kier molecular flexibility index (Phi) is 3.41. The molecule has 5 heteroatoms. The second-order valence-electron chi connectivity index (χ2n) is 3.57. The summed E-state index contributed by atoms with van der Waals surface area (Å²) in [6.45, 7) is 3.35. The van der Waals surface area contributed by atoms with E-state index in [-0.39, 0.29) is 16.5 Å². The van der Waals surface area contributed by atoms with Crippen LogP contribution in [0.1, 0.15) is 24.2 Å². The zero-order valence-corrected chi connectivity index (χ0v) is 9.58. The van der Waals surface area contributed by atoms with Crippen molar-refractivity contribution in [2.75, 3.05) is 0 Å². The van der Waals surface area contributed by atoms with E-state index in [1.165, 1.54) is 6.07 Å². The largest absolute Gasteiger partial charge is 0.478 e. The topological polar surface area (TPSA) is 59.4 Å². The molecule has 0 aliphatic heterocycles. The van der Waals surface area contributed by atoms with Gasteiger partial charge in [0.15, 0.2) is 5.60 Å². The number of hydrogen-bond acceptors (Lipinski definition) is 3. The van der Waals surface area contributed by atoms with Crippen LogP contribution in [0.15, 0.2) is 12.3 Å². The number of carboxylic acid groups (broad SMARTS) is 1. The van der Waals surface area contributed by atoms with Gasteiger partial charge in [-0.05, 0) is 19.9 Å². The van der Waals surface area contributed by atoms with Gasteiger partial charge >= 0.3 is 5.97 Å². The van der Waals surface area contributed by atoms with Gasteiger partial charge in [0.2, 0.25) is 5.88 Å². The van der Waals surface area contributed by atoms with E-state index in [9.17, 15) is 4.79 Å². The summed E-state index contributed by atoms with van der Waals surface area (Å²) in [5.74, 6) is 1.44. The van der Waals surface area contributed by atoms with Gasteiger partial charge in [-0.1, -0.05) is 17.5 Å². The predicted molar refractivity (Wildman–Crippen MR) is 59.7 cm³/mol. The average molecular weight is 240 g/mol. The van der Waals surface area contributed by atoms with E-state index in [1.807, 2.05) is 0 Å². The molecule has 0 aliphatic rings. The van der Waals surface area contributed by atoms with E-state index >= 15 is 0 Å². The highest BCUT2D eigenvalue weighted by molar-refractivity contribution is 6.32. The molecule has 0 atom stereocenters. The lowest BCUT2D eigenvalue weighted by Gasteiger charge is -2.19. The lowest BCUT2D eigenvalue weighted by Crippen LogP contribution is -2.26. The van der Waals surface area contributed by atoms with E-state index in [2.05, 4.69) is 10.9 Å². The molecule has 0 amide bonds. The molecule has 0 spiro atoms. The summed E-state index contributed by atoms with van der Waals surface area (Å²) in [6.07, 6.45) is 6.41. The first-order valence-corrected chi connectivity index (χ1v) is 4.79. The third kappa shape index (κ3) is 2.88. The van der Waals surface area contributed by atoms with E-state index in [1.54, 1.807) is 13.8 Å². The maximum absolute atomic E-state index is 10.6. The Labute approximate surface area is 98.2 Å². The molecule has 0 fully saturated rings. The third-order valence-electron chi connectivity index (χ3n) is 1.75. The number of terminal acetylenes is 1. The Morgan fingerprint density at radius 3 is 2.75 bits per heavy atom. The molecule has 1 N–H and O–H groups in total. The molecule has 0 saturated carbocycles. The number of hydrogen-bond donors (Lipinski definition) is 1. The Bertz CT molecular complexity index is 463. The predicted octanol–water partition coefficient (Wildman–Crippen LogP) is 2.22. The molecule has 0 unspecified atom stereocenters. The van der Waals surface area contributed by atoms with Crippen molar-refractivity contribution in [1.82, 2.24) is 4.98 Å². The molecule has 1 aromatic rings. The van der Waals surface area contributed by atoms with E-state index in [4.69, 9.17) is 27.9 Å². The number of halogens is 1. The summed E-state index contributed by atoms with van der Waals surface area (Å²) in [5, 5.41) is 8.82. The monoisotopic (exact) mass is 239 g/mol. The summed E-state index contributed by atoms with van der Waals surface area (Å²) in [7, 11) is 0. The zero-order chi connectivity index (χ0) is 12.3. The van der Waals surface area contributed by atoms with E-state index in [0.29, 0.717) is 0 Å². The normalized spacial score (nSPS) is 10.6. The van der Waals surface area contributed by atoms with Crippen LogP contribution in [0.5, 0.6) is 5.88 Å². The summed E-state index contributed by atoms with van der Waals surface area (Å²) >= 11 is 5.82. The number of aromatic carboxylic acids is 1. The Morgan fingerprint density at radius 1 is 1.69 bits per heavy atom. The van der Waals surface area contributed by atoms with Crippen LogP contribution < -0.4 is 4.74 Å². The Balaban J connectivity index is 3.02. The van der Waals surface area contributed by atoms with Crippen molar-refractivity contribution in [2.24, 2.45) is 0 Å². The fourth-order valence-electron chi connectivity index (χ4n) is 0.889. The number of ether oxygens (including phenoxy) is 1. The van der Waals surface area contributed by atoms with Crippen LogP contribution in [0.2, 0.25) is 5.02 Å². The maximum Gasteiger partial charge on any atom is 0.337 e. The van der Waals surface area contributed by atoms with Crippen LogP contribution in [-0.2, 0) is 0 Å². The molecule has 1 aromatic heterocycles. The Hall–Kier alpha value is -1.73. The van der Waals surface area contributed by atoms with Gasteiger partial charge in [0.05, 0.1) is 5.56 Å². The lowest BCUT2D eigenvalue weighted by atomic mass is 10.1. The van der Waals surface area contributed by atoms with Gasteiger partial charge in [0.1, 0.15) is 5.02 Å². The van der Waals surface area contributed by atoms with Gasteiger partial charge in [-0.3, -0.25) is 0 Å². The molecule has 0 radical (unpaired) electrons. The van der Waals surface area contributed by atoms with Gasteiger partial charge < -0.3 is 9.84 Å². The van der Waals surface area contributed by atoms with Crippen LogP contribution >= 0.6 is 11.6 Å². The quantitative estimate of drug-likeness (QED) is 0.822. The number of nitrogens with zero attached hydrogens (tertiary/aromatic N) is 1. The molecule has 0 aromatic carbocycles. The maximum atomic E-state index is 10.6. The van der Waals surface area contributed by atoms with Crippen molar-refractivity contribution < 1.29 is 14.6 Å². The standard InChI is InChI=1S/C11H10ClNO3/c1-4-11(2,3)16-9-8(12)5-7(6-13-9)10(14)15/h1,5-6H,2-3H3,(H,14,15). The molecule has 1 rings (SSSR count). The van der Waals surface area contributed by atoms with Crippen LogP contribution in [0.25, 0.3) is 0 Å². The molecule has 84 valence electrons. The smallest absolute Gasteiger partial charge is 0.337 e. The number of carboxylic acids is 1. The molecular formula is C11H10ClNO3. The van der Waals surface area contributed by atoms with Gasteiger partial charge in [0, 0.05) is 6.20 Å². The van der Waals surface area contributed by atoms with E-state index in [0.717, 1.165) is 6.20 Å². The molecular weight excluding hydrogens is 230 g/mol. The van der Waals surface area contributed by atoms with Crippen LogP contribution in [0.4, 0.5) is 0 Å². The first kappa shape index (κ1) is 12.3. The van der Waals surface area contributed by atoms with Crippen molar-refractivity contribution in [3.8, 4) is 18.2 Å². The minimum atomic E-state index is -1.10. The number of aromatic nitrogens is 1. The summed E-state index contributed by atoms with van der Waals surface area (Å²) in [4.78, 5) is 14.4. The molecule has 16 heavy (non-hydrogen) atoms. The Morgan fingerprint density at radius 2 is 2.31 bits per heavy atom. The third-order valence-corrected chi connectivity index (χ3v) is 2.02. The summed E-state index contributed by atoms with van der Waals surface area (Å²) in [5.41, 5.74) is -0.850.